The van der Waals surface area contributed by atoms with E-state index in [0.29, 0.717) is 17.6 Å². The van der Waals surface area contributed by atoms with Crippen molar-refractivity contribution in [2.24, 2.45) is 5.92 Å². The maximum Gasteiger partial charge on any atom is 0.164 e. The summed E-state index contributed by atoms with van der Waals surface area (Å²) in [5.41, 5.74) is 7.16. The fraction of sp³-hybridized carbons (Fsp3) is 0.0789. The van der Waals surface area contributed by atoms with Gasteiger partial charge in [-0.3, -0.25) is 0 Å². The molecule has 1 atom stereocenters. The summed E-state index contributed by atoms with van der Waals surface area (Å²) in [6.45, 7) is 2.22. The van der Waals surface area contributed by atoms with Gasteiger partial charge < -0.3 is 4.42 Å². The Morgan fingerprint density at radius 1 is 0.571 bits per heavy atom. The molecule has 4 heteroatoms. The minimum atomic E-state index is 0.344. The number of benzene rings is 5. The summed E-state index contributed by atoms with van der Waals surface area (Å²) in [5, 5.41) is 4.60. The van der Waals surface area contributed by atoms with Gasteiger partial charge in [-0.25, -0.2) is 15.0 Å². The molecule has 0 amide bonds. The smallest absolute Gasteiger partial charge is 0.164 e. The van der Waals surface area contributed by atoms with Gasteiger partial charge in [-0.15, -0.1) is 0 Å². The summed E-state index contributed by atoms with van der Waals surface area (Å²) >= 11 is 0. The lowest BCUT2D eigenvalue weighted by Gasteiger charge is -2.17. The van der Waals surface area contributed by atoms with E-state index in [1.807, 2.05) is 42.5 Å². The van der Waals surface area contributed by atoms with E-state index in [1.165, 1.54) is 5.39 Å². The summed E-state index contributed by atoms with van der Waals surface area (Å²) in [6.07, 6.45) is 7.41. The average Bonchev–Trinajstić information content (AvgIpc) is 3.41. The Labute approximate surface area is 243 Å². The Hall–Kier alpha value is -5.35. The molecule has 0 radical (unpaired) electrons. The monoisotopic (exact) mass is 541 g/mol. The maximum absolute atomic E-state index is 6.12. The van der Waals surface area contributed by atoms with E-state index in [1.54, 1.807) is 0 Å². The standard InChI is InChI=1S/C38H27N3O/c1-24-10-5-6-15-31(24)38-40-36(25-11-3-2-4-12-25)39-37(41-38)29-14-9-13-26(20-29)27-18-19-28-23-35-33(22-30(28)21-27)32-16-7-8-17-34(32)42-35/h2-9,11-24H,10H2,1H3. The molecule has 1 unspecified atom stereocenters. The minimum absolute atomic E-state index is 0.344. The topological polar surface area (TPSA) is 51.8 Å². The van der Waals surface area contributed by atoms with E-state index in [2.05, 4.69) is 91.9 Å². The van der Waals surface area contributed by atoms with Gasteiger partial charge in [0, 0.05) is 27.5 Å². The minimum Gasteiger partial charge on any atom is -0.456 e. The molecule has 1 aliphatic rings. The van der Waals surface area contributed by atoms with Crippen LogP contribution in [0, 0.1) is 5.92 Å². The lowest BCUT2D eigenvalue weighted by molar-refractivity contribution is 0.669. The summed E-state index contributed by atoms with van der Waals surface area (Å²) in [4.78, 5) is 14.9. The molecule has 42 heavy (non-hydrogen) atoms. The van der Waals surface area contributed by atoms with Crippen LogP contribution in [0.1, 0.15) is 19.2 Å². The van der Waals surface area contributed by atoms with Crippen molar-refractivity contribution in [3.63, 3.8) is 0 Å². The van der Waals surface area contributed by atoms with Crippen LogP contribution in [0.25, 0.3) is 72.2 Å². The number of furan rings is 1. The van der Waals surface area contributed by atoms with Gasteiger partial charge >= 0.3 is 0 Å². The summed E-state index contributed by atoms with van der Waals surface area (Å²) in [5.74, 6) is 2.45. The fourth-order valence-electron chi connectivity index (χ4n) is 5.88. The van der Waals surface area contributed by atoms with Crippen LogP contribution >= 0.6 is 0 Å². The molecule has 7 aromatic rings. The molecule has 0 bridgehead atoms. The van der Waals surface area contributed by atoms with Gasteiger partial charge in [-0.1, -0.05) is 104 Å². The third kappa shape index (κ3) is 4.29. The molecule has 200 valence electrons. The summed E-state index contributed by atoms with van der Waals surface area (Å²) in [6, 6.07) is 37.8. The quantitative estimate of drug-likeness (QED) is 0.222. The first-order valence-corrected chi connectivity index (χ1v) is 14.3. The normalized spacial score (nSPS) is 15.0. The van der Waals surface area contributed by atoms with Gasteiger partial charge in [0.25, 0.3) is 0 Å². The lowest BCUT2D eigenvalue weighted by atomic mass is 9.92. The molecule has 0 saturated carbocycles. The number of rotatable bonds is 4. The fourth-order valence-corrected chi connectivity index (χ4v) is 5.88. The molecule has 0 spiro atoms. The van der Waals surface area contributed by atoms with Crippen LogP contribution in [0.2, 0.25) is 0 Å². The van der Waals surface area contributed by atoms with Crippen molar-refractivity contribution in [2.75, 3.05) is 0 Å². The molecule has 8 rings (SSSR count). The third-order valence-corrected chi connectivity index (χ3v) is 8.15. The molecule has 1 aliphatic carbocycles. The second kappa shape index (κ2) is 9.93. The molecule has 0 fully saturated rings. The number of allylic oxidation sites excluding steroid dienone is 4. The Morgan fingerprint density at radius 2 is 1.31 bits per heavy atom. The number of hydrogen-bond donors (Lipinski definition) is 0. The molecule has 2 heterocycles. The number of para-hydroxylation sites is 1. The average molecular weight is 542 g/mol. The number of fused-ring (bicyclic) bond motifs is 4. The molecule has 2 aromatic heterocycles. The van der Waals surface area contributed by atoms with Crippen molar-refractivity contribution in [2.45, 2.75) is 13.3 Å². The van der Waals surface area contributed by atoms with Crippen LogP contribution in [0.4, 0.5) is 0 Å². The number of aromatic nitrogens is 3. The highest BCUT2D eigenvalue weighted by atomic mass is 16.3. The van der Waals surface area contributed by atoms with Crippen LogP contribution < -0.4 is 0 Å². The van der Waals surface area contributed by atoms with E-state index < -0.39 is 0 Å². The van der Waals surface area contributed by atoms with Crippen LogP contribution in [0.3, 0.4) is 0 Å². The third-order valence-electron chi connectivity index (χ3n) is 8.15. The van der Waals surface area contributed by atoms with Crippen LogP contribution in [-0.4, -0.2) is 15.0 Å². The molecule has 0 N–H and O–H groups in total. The highest BCUT2D eigenvalue weighted by Gasteiger charge is 2.19. The zero-order valence-corrected chi connectivity index (χ0v) is 23.2. The predicted molar refractivity (Wildman–Crippen MR) is 172 cm³/mol. The SMILES string of the molecule is CC1CC=CC=C1c1nc(-c2ccccc2)nc(-c2cccc(-c3ccc4cc5oc6ccccc6c5cc4c3)c2)n1. The molecule has 0 saturated heterocycles. The van der Waals surface area contributed by atoms with Crippen molar-refractivity contribution in [1.29, 1.82) is 0 Å². The van der Waals surface area contributed by atoms with Crippen molar-refractivity contribution >= 4 is 38.3 Å². The summed E-state index contributed by atoms with van der Waals surface area (Å²) < 4.78 is 6.12. The molecule has 0 aliphatic heterocycles. The highest BCUT2D eigenvalue weighted by Crippen LogP contribution is 2.35. The van der Waals surface area contributed by atoms with Crippen LogP contribution in [0.5, 0.6) is 0 Å². The van der Waals surface area contributed by atoms with Gasteiger partial charge in [-0.2, -0.15) is 0 Å². The van der Waals surface area contributed by atoms with Crippen molar-refractivity contribution < 1.29 is 4.42 Å². The second-order valence-electron chi connectivity index (χ2n) is 10.9. The van der Waals surface area contributed by atoms with Crippen molar-refractivity contribution in [1.82, 2.24) is 15.0 Å². The lowest BCUT2D eigenvalue weighted by Crippen LogP contribution is -2.08. The molecule has 4 nitrogen and oxygen atoms in total. The zero-order chi connectivity index (χ0) is 28.0. The maximum atomic E-state index is 6.12. The predicted octanol–water partition coefficient (Wildman–Crippen LogP) is 9.90. The van der Waals surface area contributed by atoms with Crippen LogP contribution in [0.15, 0.2) is 132 Å². The Kier molecular flexibility index (Phi) is 5.78. The Morgan fingerprint density at radius 3 is 2.19 bits per heavy atom. The highest BCUT2D eigenvalue weighted by molar-refractivity contribution is 6.10. The van der Waals surface area contributed by atoms with Gasteiger partial charge in [0.15, 0.2) is 17.5 Å². The van der Waals surface area contributed by atoms with Gasteiger partial charge in [0.1, 0.15) is 11.2 Å². The van der Waals surface area contributed by atoms with Gasteiger partial charge in [-0.05, 0) is 64.6 Å². The summed E-state index contributed by atoms with van der Waals surface area (Å²) in [7, 11) is 0. The van der Waals surface area contributed by atoms with Gasteiger partial charge in [0.05, 0.1) is 0 Å². The molecular formula is C38H27N3O. The van der Waals surface area contributed by atoms with E-state index in [-0.39, 0.29) is 0 Å². The zero-order valence-electron chi connectivity index (χ0n) is 23.2. The first-order valence-electron chi connectivity index (χ1n) is 14.3. The largest absolute Gasteiger partial charge is 0.456 e. The van der Waals surface area contributed by atoms with E-state index in [0.717, 1.165) is 67.4 Å². The number of nitrogens with zero attached hydrogens (tertiary/aromatic N) is 3. The Balaban J connectivity index is 1.24. The van der Waals surface area contributed by atoms with Crippen molar-refractivity contribution in [3.8, 4) is 33.9 Å². The Bertz CT molecular complexity index is 2190. The van der Waals surface area contributed by atoms with Crippen LogP contribution in [-0.2, 0) is 0 Å². The first kappa shape index (κ1) is 24.4. The first-order chi connectivity index (χ1) is 20.7. The van der Waals surface area contributed by atoms with Gasteiger partial charge in [0.2, 0.25) is 0 Å². The van der Waals surface area contributed by atoms with E-state index in [4.69, 9.17) is 19.4 Å². The molecular weight excluding hydrogens is 514 g/mol. The van der Waals surface area contributed by atoms with E-state index in [9.17, 15) is 0 Å². The second-order valence-corrected chi connectivity index (χ2v) is 10.9. The van der Waals surface area contributed by atoms with Crippen molar-refractivity contribution in [3.05, 3.63) is 133 Å². The molecule has 5 aromatic carbocycles. The number of hydrogen-bond acceptors (Lipinski definition) is 4. The van der Waals surface area contributed by atoms with E-state index >= 15 is 0 Å².